The molecule has 0 aliphatic carbocycles. The number of piperidine rings is 1. The largest absolute Gasteiger partial charge is 0.348 e. The third-order valence-corrected chi connectivity index (χ3v) is 4.31. The number of carbonyl (C=O) groups is 1. The summed E-state index contributed by atoms with van der Waals surface area (Å²) in [5.41, 5.74) is 2.29. The van der Waals surface area contributed by atoms with Gasteiger partial charge in [0, 0.05) is 6.54 Å². The third kappa shape index (κ3) is 3.44. The minimum atomic E-state index is -0.229. The molecule has 2 fully saturated rings. The van der Waals surface area contributed by atoms with E-state index >= 15 is 0 Å². The average molecular weight is 289 g/mol. The smallest absolute Gasteiger partial charge is 0.227 e. The normalized spacial score (nSPS) is 23.5. The van der Waals surface area contributed by atoms with Crippen LogP contribution in [0.25, 0.3) is 0 Å². The summed E-state index contributed by atoms with van der Waals surface area (Å²) in [6.07, 6.45) is 3.42. The van der Waals surface area contributed by atoms with E-state index in [4.69, 9.17) is 9.47 Å². The van der Waals surface area contributed by atoms with Gasteiger partial charge >= 0.3 is 0 Å². The Labute approximate surface area is 126 Å². The summed E-state index contributed by atoms with van der Waals surface area (Å²) in [5.74, 6) is 0.183. The second-order valence-electron chi connectivity index (χ2n) is 5.92. The van der Waals surface area contributed by atoms with Crippen LogP contribution in [0, 0.1) is 6.92 Å². The topological polar surface area (TPSA) is 38.8 Å². The van der Waals surface area contributed by atoms with Gasteiger partial charge in [0.25, 0.3) is 0 Å². The van der Waals surface area contributed by atoms with Crippen LogP contribution in [0.1, 0.15) is 30.4 Å². The minimum Gasteiger partial charge on any atom is -0.348 e. The van der Waals surface area contributed by atoms with E-state index < -0.39 is 0 Å². The van der Waals surface area contributed by atoms with Crippen molar-refractivity contribution < 1.29 is 14.3 Å². The van der Waals surface area contributed by atoms with Gasteiger partial charge in [0.15, 0.2) is 6.29 Å². The van der Waals surface area contributed by atoms with Crippen LogP contribution in [0.15, 0.2) is 24.3 Å². The number of hydrogen-bond donors (Lipinski definition) is 0. The number of hydrogen-bond acceptors (Lipinski definition) is 3. The maximum Gasteiger partial charge on any atom is 0.227 e. The lowest BCUT2D eigenvalue weighted by Crippen LogP contribution is -2.50. The molecule has 4 heteroatoms. The van der Waals surface area contributed by atoms with Crippen molar-refractivity contribution in [2.24, 2.45) is 0 Å². The predicted molar refractivity (Wildman–Crippen MR) is 79.9 cm³/mol. The number of amides is 1. The molecule has 2 aliphatic heterocycles. The summed E-state index contributed by atoms with van der Waals surface area (Å²) in [6, 6.07) is 8.27. The van der Waals surface area contributed by atoms with Crippen LogP contribution < -0.4 is 0 Å². The van der Waals surface area contributed by atoms with Crippen molar-refractivity contribution in [3.05, 3.63) is 35.4 Å². The van der Waals surface area contributed by atoms with E-state index in [9.17, 15) is 4.79 Å². The van der Waals surface area contributed by atoms with Crippen molar-refractivity contribution in [3.63, 3.8) is 0 Å². The molecule has 0 bridgehead atoms. The van der Waals surface area contributed by atoms with Crippen LogP contribution in [0.2, 0.25) is 0 Å². The van der Waals surface area contributed by atoms with Gasteiger partial charge in [-0.25, -0.2) is 0 Å². The number of nitrogens with zero attached hydrogens (tertiary/aromatic N) is 1. The summed E-state index contributed by atoms with van der Waals surface area (Å²) in [5, 5.41) is 0. The monoisotopic (exact) mass is 289 g/mol. The van der Waals surface area contributed by atoms with Crippen LogP contribution in [0.4, 0.5) is 0 Å². The van der Waals surface area contributed by atoms with E-state index in [1.165, 1.54) is 5.56 Å². The highest BCUT2D eigenvalue weighted by molar-refractivity contribution is 5.79. The highest BCUT2D eigenvalue weighted by atomic mass is 16.7. The van der Waals surface area contributed by atoms with Gasteiger partial charge in [0.05, 0.1) is 25.7 Å². The average Bonchev–Trinajstić information content (AvgIpc) is 3.04. The maximum atomic E-state index is 12.6. The molecule has 1 aromatic rings. The van der Waals surface area contributed by atoms with E-state index in [1.807, 2.05) is 17.0 Å². The predicted octanol–water partition coefficient (Wildman–Crippen LogP) is 2.29. The van der Waals surface area contributed by atoms with Gasteiger partial charge in [-0.3, -0.25) is 4.79 Å². The van der Waals surface area contributed by atoms with E-state index in [2.05, 4.69) is 19.1 Å². The minimum absolute atomic E-state index is 0.0826. The molecule has 0 unspecified atom stereocenters. The molecule has 0 N–H and O–H groups in total. The van der Waals surface area contributed by atoms with Crippen molar-refractivity contribution >= 4 is 5.91 Å². The molecule has 2 aliphatic rings. The summed E-state index contributed by atoms with van der Waals surface area (Å²) in [6.45, 7) is 4.15. The molecule has 3 rings (SSSR count). The van der Waals surface area contributed by atoms with Gasteiger partial charge in [-0.15, -0.1) is 0 Å². The van der Waals surface area contributed by atoms with Crippen LogP contribution in [0.3, 0.4) is 0 Å². The maximum absolute atomic E-state index is 12.6. The second-order valence-corrected chi connectivity index (χ2v) is 5.92. The summed E-state index contributed by atoms with van der Waals surface area (Å²) in [4.78, 5) is 14.6. The Balaban J connectivity index is 1.67. The van der Waals surface area contributed by atoms with Gasteiger partial charge < -0.3 is 14.4 Å². The summed E-state index contributed by atoms with van der Waals surface area (Å²) >= 11 is 0. The van der Waals surface area contributed by atoms with Crippen molar-refractivity contribution in [3.8, 4) is 0 Å². The molecule has 21 heavy (non-hydrogen) atoms. The zero-order valence-corrected chi connectivity index (χ0v) is 12.6. The van der Waals surface area contributed by atoms with Crippen molar-refractivity contribution in [2.45, 2.75) is 44.9 Å². The highest BCUT2D eigenvalue weighted by Crippen LogP contribution is 2.25. The lowest BCUT2D eigenvalue weighted by molar-refractivity contribution is -0.149. The molecule has 0 saturated carbocycles. The Morgan fingerprint density at radius 2 is 1.90 bits per heavy atom. The second kappa shape index (κ2) is 6.58. The number of ether oxygens (including phenoxy) is 2. The highest BCUT2D eigenvalue weighted by Gasteiger charge is 2.35. The number of rotatable bonds is 3. The molecule has 4 nitrogen and oxygen atoms in total. The van der Waals surface area contributed by atoms with Gasteiger partial charge in [-0.1, -0.05) is 29.8 Å². The third-order valence-electron chi connectivity index (χ3n) is 4.31. The Morgan fingerprint density at radius 3 is 2.62 bits per heavy atom. The lowest BCUT2D eigenvalue weighted by atomic mass is 10.00. The molecule has 1 amide bonds. The van der Waals surface area contributed by atoms with Crippen LogP contribution >= 0.6 is 0 Å². The summed E-state index contributed by atoms with van der Waals surface area (Å²) in [7, 11) is 0. The molecule has 0 aromatic heterocycles. The zero-order chi connectivity index (χ0) is 14.7. The first-order valence-corrected chi connectivity index (χ1v) is 7.82. The molecule has 1 aromatic carbocycles. The number of benzene rings is 1. The fourth-order valence-electron chi connectivity index (χ4n) is 3.13. The molecule has 114 valence electrons. The molecule has 2 saturated heterocycles. The molecule has 1 atom stereocenters. The fourth-order valence-corrected chi connectivity index (χ4v) is 3.13. The quantitative estimate of drug-likeness (QED) is 0.857. The summed E-state index contributed by atoms with van der Waals surface area (Å²) < 4.78 is 11.2. The van der Waals surface area contributed by atoms with Crippen molar-refractivity contribution in [2.75, 3.05) is 19.8 Å². The van der Waals surface area contributed by atoms with Gasteiger partial charge in [0.1, 0.15) is 0 Å². The number of carbonyl (C=O) groups excluding carboxylic acids is 1. The van der Waals surface area contributed by atoms with Crippen LogP contribution in [0.5, 0.6) is 0 Å². The van der Waals surface area contributed by atoms with Crippen molar-refractivity contribution in [1.82, 2.24) is 4.90 Å². The Kier molecular flexibility index (Phi) is 4.56. The standard InChI is InChI=1S/C17H23NO3/c1-13-5-7-14(8-6-13)12-16(19)18-9-3-2-4-15(18)17-20-10-11-21-17/h5-8,15,17H,2-4,9-12H2,1H3/t15-/m1/s1. The van der Waals surface area contributed by atoms with E-state index in [0.29, 0.717) is 19.6 Å². The first kappa shape index (κ1) is 14.5. The van der Waals surface area contributed by atoms with Gasteiger partial charge in [-0.2, -0.15) is 0 Å². The molecular weight excluding hydrogens is 266 g/mol. The lowest BCUT2D eigenvalue weighted by Gasteiger charge is -2.38. The zero-order valence-electron chi connectivity index (χ0n) is 12.6. The Bertz CT molecular complexity index is 479. The fraction of sp³-hybridized carbons (Fsp3) is 0.588. The Hall–Kier alpha value is -1.39. The molecule has 2 heterocycles. The van der Waals surface area contributed by atoms with Crippen molar-refractivity contribution in [1.29, 1.82) is 0 Å². The van der Waals surface area contributed by atoms with E-state index in [-0.39, 0.29) is 18.2 Å². The van der Waals surface area contributed by atoms with Gasteiger partial charge in [0.2, 0.25) is 5.91 Å². The molecule has 0 radical (unpaired) electrons. The molecular formula is C17H23NO3. The van der Waals surface area contributed by atoms with E-state index in [0.717, 1.165) is 31.4 Å². The van der Waals surface area contributed by atoms with Crippen LogP contribution in [-0.2, 0) is 20.7 Å². The molecule has 0 spiro atoms. The SMILES string of the molecule is Cc1ccc(CC(=O)N2CCCC[C@@H]2C2OCCO2)cc1. The van der Waals surface area contributed by atoms with Crippen LogP contribution in [-0.4, -0.2) is 42.9 Å². The van der Waals surface area contributed by atoms with E-state index in [1.54, 1.807) is 0 Å². The number of likely N-dealkylation sites (tertiary alicyclic amines) is 1. The Morgan fingerprint density at radius 1 is 1.19 bits per heavy atom. The van der Waals surface area contributed by atoms with Gasteiger partial charge in [-0.05, 0) is 31.7 Å². The first-order chi connectivity index (χ1) is 10.2. The first-order valence-electron chi connectivity index (χ1n) is 7.82. The number of aryl methyl sites for hydroxylation is 1.